The summed E-state index contributed by atoms with van der Waals surface area (Å²) in [5.74, 6) is 1.05. The van der Waals surface area contributed by atoms with Crippen LogP contribution in [0.25, 0.3) is 11.0 Å². The van der Waals surface area contributed by atoms with E-state index >= 15 is 0 Å². The third kappa shape index (κ3) is 4.01. The molecule has 0 aliphatic heterocycles. The van der Waals surface area contributed by atoms with Gasteiger partial charge in [-0.3, -0.25) is 9.78 Å². The molecule has 7 heteroatoms. The summed E-state index contributed by atoms with van der Waals surface area (Å²) in [6.45, 7) is 4.06. The van der Waals surface area contributed by atoms with Crippen LogP contribution in [-0.4, -0.2) is 22.9 Å². The number of rotatable bonds is 5. The van der Waals surface area contributed by atoms with Crippen LogP contribution < -0.4 is 22.1 Å². The Labute approximate surface area is 140 Å². The number of anilines is 1. The summed E-state index contributed by atoms with van der Waals surface area (Å²) in [5.41, 5.74) is 14.3. The lowest BCUT2D eigenvalue weighted by Crippen LogP contribution is -2.18. The van der Waals surface area contributed by atoms with E-state index in [9.17, 15) is 4.79 Å². The Balaban J connectivity index is 2.29. The molecule has 24 heavy (non-hydrogen) atoms. The molecule has 0 aromatic carbocycles. The van der Waals surface area contributed by atoms with Crippen LogP contribution in [0.1, 0.15) is 24.2 Å². The van der Waals surface area contributed by atoms with E-state index in [1.807, 2.05) is 19.9 Å². The van der Waals surface area contributed by atoms with Crippen molar-refractivity contribution < 1.29 is 4.79 Å². The minimum Gasteiger partial charge on any atom is -0.404 e. The molecule has 2 aromatic heterocycles. The molecule has 126 valence electrons. The van der Waals surface area contributed by atoms with Gasteiger partial charge in [0.05, 0.1) is 16.6 Å². The SMILES string of the molecule is CNC(=O)c1cnc2ccc(N/C(N)=C/C(=C\N)C(C)C)nc2c1. The first-order chi connectivity index (χ1) is 11.4. The van der Waals surface area contributed by atoms with E-state index in [0.717, 1.165) is 5.57 Å². The lowest BCUT2D eigenvalue weighted by Gasteiger charge is -2.10. The molecule has 0 radical (unpaired) electrons. The zero-order chi connectivity index (χ0) is 17.7. The molecule has 7 nitrogen and oxygen atoms in total. The molecule has 0 saturated heterocycles. The number of carbonyl (C=O) groups excluding carboxylic acids is 1. The van der Waals surface area contributed by atoms with Gasteiger partial charge in [0.15, 0.2) is 0 Å². The van der Waals surface area contributed by atoms with Crippen molar-refractivity contribution >= 4 is 22.8 Å². The van der Waals surface area contributed by atoms with Crippen LogP contribution in [-0.2, 0) is 0 Å². The molecule has 2 heterocycles. The Kier molecular flexibility index (Phi) is 5.36. The molecule has 0 spiro atoms. The van der Waals surface area contributed by atoms with Crippen molar-refractivity contribution in [3.63, 3.8) is 0 Å². The average Bonchev–Trinajstić information content (AvgIpc) is 2.57. The molecule has 2 aromatic rings. The van der Waals surface area contributed by atoms with Crippen molar-refractivity contribution in [1.82, 2.24) is 15.3 Å². The Morgan fingerprint density at radius 1 is 1.29 bits per heavy atom. The number of amides is 1. The van der Waals surface area contributed by atoms with E-state index < -0.39 is 0 Å². The molecule has 0 unspecified atom stereocenters. The highest BCUT2D eigenvalue weighted by Gasteiger charge is 2.07. The second-order valence-corrected chi connectivity index (χ2v) is 5.58. The van der Waals surface area contributed by atoms with Gasteiger partial charge in [0.2, 0.25) is 0 Å². The van der Waals surface area contributed by atoms with Crippen LogP contribution >= 0.6 is 0 Å². The Morgan fingerprint density at radius 3 is 2.67 bits per heavy atom. The number of allylic oxidation sites excluding steroid dienone is 2. The normalized spacial score (nSPS) is 12.5. The van der Waals surface area contributed by atoms with Crippen molar-refractivity contribution in [1.29, 1.82) is 0 Å². The maximum absolute atomic E-state index is 11.7. The molecular weight excluding hydrogens is 304 g/mol. The molecule has 0 saturated carbocycles. The largest absolute Gasteiger partial charge is 0.404 e. The quantitative estimate of drug-likeness (QED) is 0.621. The molecular formula is C17H22N6O. The van der Waals surface area contributed by atoms with Crippen molar-refractivity contribution in [3.8, 4) is 0 Å². The predicted octanol–water partition coefficient (Wildman–Crippen LogP) is 1.70. The molecule has 2 rings (SSSR count). The van der Waals surface area contributed by atoms with Gasteiger partial charge in [0.1, 0.15) is 11.6 Å². The first kappa shape index (κ1) is 17.3. The van der Waals surface area contributed by atoms with Gasteiger partial charge in [-0.1, -0.05) is 13.8 Å². The van der Waals surface area contributed by atoms with Gasteiger partial charge in [-0.2, -0.15) is 0 Å². The van der Waals surface area contributed by atoms with E-state index in [4.69, 9.17) is 11.5 Å². The number of nitrogens with zero attached hydrogens (tertiary/aromatic N) is 2. The van der Waals surface area contributed by atoms with Crippen molar-refractivity contribution in [2.24, 2.45) is 17.4 Å². The molecule has 0 aliphatic carbocycles. The van der Waals surface area contributed by atoms with Crippen LogP contribution in [0.2, 0.25) is 0 Å². The topological polar surface area (TPSA) is 119 Å². The van der Waals surface area contributed by atoms with E-state index in [2.05, 4.69) is 20.6 Å². The number of aromatic nitrogens is 2. The fourth-order valence-corrected chi connectivity index (χ4v) is 2.12. The van der Waals surface area contributed by atoms with Crippen LogP contribution in [0.3, 0.4) is 0 Å². The molecule has 0 atom stereocenters. The van der Waals surface area contributed by atoms with Crippen LogP contribution in [0.5, 0.6) is 0 Å². The van der Waals surface area contributed by atoms with Gasteiger partial charge in [-0.05, 0) is 42.0 Å². The summed E-state index contributed by atoms with van der Waals surface area (Å²) >= 11 is 0. The number of hydrogen-bond donors (Lipinski definition) is 4. The summed E-state index contributed by atoms with van der Waals surface area (Å²) < 4.78 is 0. The van der Waals surface area contributed by atoms with Crippen molar-refractivity contribution in [3.05, 3.63) is 53.6 Å². The zero-order valence-electron chi connectivity index (χ0n) is 14.0. The number of hydrogen-bond acceptors (Lipinski definition) is 6. The van der Waals surface area contributed by atoms with E-state index in [0.29, 0.717) is 28.2 Å². The monoisotopic (exact) mass is 326 g/mol. The fourth-order valence-electron chi connectivity index (χ4n) is 2.12. The summed E-state index contributed by atoms with van der Waals surface area (Å²) in [6, 6.07) is 5.27. The number of carbonyl (C=O) groups is 1. The highest BCUT2D eigenvalue weighted by atomic mass is 16.1. The van der Waals surface area contributed by atoms with Crippen LogP contribution in [0.15, 0.2) is 48.1 Å². The summed E-state index contributed by atoms with van der Waals surface area (Å²) in [6.07, 6.45) is 4.83. The number of fused-ring (bicyclic) bond motifs is 1. The summed E-state index contributed by atoms with van der Waals surface area (Å²) in [5, 5.41) is 5.58. The maximum Gasteiger partial charge on any atom is 0.252 e. The molecule has 1 amide bonds. The number of nitrogens with one attached hydrogen (secondary N) is 2. The second kappa shape index (κ2) is 7.45. The van der Waals surface area contributed by atoms with Crippen LogP contribution in [0, 0.1) is 5.92 Å². The zero-order valence-corrected chi connectivity index (χ0v) is 14.0. The second-order valence-electron chi connectivity index (χ2n) is 5.58. The number of pyridine rings is 2. The van der Waals surface area contributed by atoms with Gasteiger partial charge in [0, 0.05) is 13.2 Å². The van der Waals surface area contributed by atoms with E-state index in [1.165, 1.54) is 12.4 Å². The Morgan fingerprint density at radius 2 is 2.04 bits per heavy atom. The van der Waals surface area contributed by atoms with E-state index in [-0.39, 0.29) is 11.8 Å². The first-order valence-corrected chi connectivity index (χ1v) is 7.59. The minimum absolute atomic E-state index is 0.210. The third-order valence-corrected chi connectivity index (χ3v) is 3.48. The van der Waals surface area contributed by atoms with E-state index in [1.54, 1.807) is 25.3 Å². The Bertz CT molecular complexity index is 810. The summed E-state index contributed by atoms with van der Waals surface area (Å²) in [4.78, 5) is 20.4. The third-order valence-electron chi connectivity index (χ3n) is 3.48. The maximum atomic E-state index is 11.7. The predicted molar refractivity (Wildman–Crippen MR) is 95.9 cm³/mol. The lowest BCUT2D eigenvalue weighted by atomic mass is 10.0. The first-order valence-electron chi connectivity index (χ1n) is 7.59. The molecule has 0 bridgehead atoms. The highest BCUT2D eigenvalue weighted by molar-refractivity contribution is 5.96. The standard InChI is InChI=1S/C17H22N6O/c1-10(2)11(8-18)7-15(19)23-16-5-4-13-14(22-16)6-12(9-21-13)17(24)20-3/h4-10H,18-19H2,1-3H3,(H,20,24)(H,22,23)/b11-8+,15-7+. The Hall–Kier alpha value is -3.09. The van der Waals surface area contributed by atoms with Crippen LogP contribution in [0.4, 0.5) is 5.82 Å². The molecule has 0 aliphatic rings. The van der Waals surface area contributed by atoms with Gasteiger partial charge >= 0.3 is 0 Å². The lowest BCUT2D eigenvalue weighted by molar-refractivity contribution is 0.0963. The van der Waals surface area contributed by atoms with Crippen molar-refractivity contribution in [2.75, 3.05) is 12.4 Å². The average molecular weight is 326 g/mol. The highest BCUT2D eigenvalue weighted by Crippen LogP contribution is 2.16. The van der Waals surface area contributed by atoms with Gasteiger partial charge in [0.25, 0.3) is 5.91 Å². The molecule has 6 N–H and O–H groups in total. The van der Waals surface area contributed by atoms with Crippen molar-refractivity contribution in [2.45, 2.75) is 13.8 Å². The molecule has 0 fully saturated rings. The van der Waals surface area contributed by atoms with Gasteiger partial charge in [-0.25, -0.2) is 4.98 Å². The smallest absolute Gasteiger partial charge is 0.252 e. The minimum atomic E-state index is -0.210. The van der Waals surface area contributed by atoms with Gasteiger partial charge < -0.3 is 22.1 Å². The number of nitrogens with two attached hydrogens (primary N) is 2. The summed E-state index contributed by atoms with van der Waals surface area (Å²) in [7, 11) is 1.57. The van der Waals surface area contributed by atoms with Gasteiger partial charge in [-0.15, -0.1) is 0 Å². The fraction of sp³-hybridized carbons (Fsp3) is 0.235.